The van der Waals surface area contributed by atoms with E-state index in [9.17, 15) is 0 Å². The number of hydrogen-bond donors (Lipinski definition) is 0. The second kappa shape index (κ2) is 2.46. The molecule has 58 valence electrons. The van der Waals surface area contributed by atoms with Crippen LogP contribution < -0.4 is 0 Å². The van der Waals surface area contributed by atoms with Crippen molar-refractivity contribution in [3.05, 3.63) is 12.3 Å². The van der Waals surface area contributed by atoms with E-state index in [1.807, 2.05) is 14.0 Å². The minimum Gasteiger partial charge on any atom is -0.377 e. The molecule has 1 atom stereocenters. The third kappa shape index (κ3) is 1.29. The van der Waals surface area contributed by atoms with Gasteiger partial charge in [0.25, 0.3) is 0 Å². The van der Waals surface area contributed by atoms with E-state index in [0.717, 1.165) is 18.7 Å². The summed E-state index contributed by atoms with van der Waals surface area (Å²) >= 11 is 6.18. The Kier molecular flexibility index (Phi) is 1.95. The zero-order valence-corrected chi connectivity index (χ0v) is 7.41. The Hall–Kier alpha value is -0.170. The number of likely N-dealkylation sites (tertiary alicyclic amines) is 1. The minimum absolute atomic E-state index is 0.188. The Morgan fingerprint density at radius 3 is 2.70 bits per heavy atom. The van der Waals surface area contributed by atoms with Gasteiger partial charge >= 0.3 is 0 Å². The largest absolute Gasteiger partial charge is 0.377 e. The molecule has 0 amide bonds. The van der Waals surface area contributed by atoms with Gasteiger partial charge in [-0.3, -0.25) is 0 Å². The van der Waals surface area contributed by atoms with Crippen molar-refractivity contribution in [3.8, 4) is 0 Å². The molecule has 0 bridgehead atoms. The standard InChI is InChI=1S/C8H14ClN/c1-7-8(2,9)5-4-6-10(7)3/h1,4-6H2,2-3H3. The molecule has 10 heavy (non-hydrogen) atoms. The number of allylic oxidation sites excluding steroid dienone is 1. The number of halogens is 1. The molecule has 0 saturated carbocycles. The fourth-order valence-corrected chi connectivity index (χ4v) is 1.60. The van der Waals surface area contributed by atoms with Crippen molar-refractivity contribution in [1.82, 2.24) is 4.90 Å². The molecule has 0 aromatic carbocycles. The first-order chi connectivity index (χ1) is 4.54. The van der Waals surface area contributed by atoms with Gasteiger partial charge in [-0.25, -0.2) is 0 Å². The smallest absolute Gasteiger partial charge is 0.0808 e. The van der Waals surface area contributed by atoms with Gasteiger partial charge in [-0.15, -0.1) is 11.6 Å². The van der Waals surface area contributed by atoms with Crippen LogP contribution in [0.15, 0.2) is 12.3 Å². The number of piperidine rings is 1. The molecule has 1 rings (SSSR count). The van der Waals surface area contributed by atoms with Gasteiger partial charge in [0, 0.05) is 19.3 Å². The van der Waals surface area contributed by atoms with E-state index in [-0.39, 0.29) is 4.87 Å². The highest BCUT2D eigenvalue weighted by Gasteiger charge is 2.30. The second-order valence-electron chi connectivity index (χ2n) is 3.17. The highest BCUT2D eigenvalue weighted by molar-refractivity contribution is 6.25. The molecule has 1 aliphatic heterocycles. The highest BCUT2D eigenvalue weighted by atomic mass is 35.5. The summed E-state index contributed by atoms with van der Waals surface area (Å²) in [6.45, 7) is 7.07. The van der Waals surface area contributed by atoms with Crippen LogP contribution in [0.5, 0.6) is 0 Å². The summed E-state index contributed by atoms with van der Waals surface area (Å²) in [5, 5.41) is 0. The average Bonchev–Trinajstić information content (AvgIpc) is 1.83. The lowest BCUT2D eigenvalue weighted by Gasteiger charge is -2.37. The summed E-state index contributed by atoms with van der Waals surface area (Å²) < 4.78 is 0. The molecule has 0 aromatic rings. The Morgan fingerprint density at radius 1 is 1.70 bits per heavy atom. The van der Waals surface area contributed by atoms with Crippen LogP contribution in [-0.2, 0) is 0 Å². The monoisotopic (exact) mass is 159 g/mol. The van der Waals surface area contributed by atoms with Crippen LogP contribution in [-0.4, -0.2) is 23.4 Å². The van der Waals surface area contributed by atoms with Gasteiger partial charge in [0.05, 0.1) is 4.87 Å². The Labute approximate surface area is 67.7 Å². The van der Waals surface area contributed by atoms with Crippen molar-refractivity contribution >= 4 is 11.6 Å². The average molecular weight is 160 g/mol. The van der Waals surface area contributed by atoms with E-state index in [2.05, 4.69) is 11.5 Å². The summed E-state index contributed by atoms with van der Waals surface area (Å²) in [4.78, 5) is 1.95. The Morgan fingerprint density at radius 2 is 2.30 bits per heavy atom. The summed E-state index contributed by atoms with van der Waals surface area (Å²) in [6.07, 6.45) is 2.23. The van der Waals surface area contributed by atoms with E-state index in [0.29, 0.717) is 0 Å². The Bertz CT molecular complexity index is 151. The molecule has 1 aliphatic rings. The van der Waals surface area contributed by atoms with E-state index >= 15 is 0 Å². The number of rotatable bonds is 0. The van der Waals surface area contributed by atoms with Crippen LogP contribution in [0, 0.1) is 0 Å². The van der Waals surface area contributed by atoms with Crippen molar-refractivity contribution in [2.75, 3.05) is 13.6 Å². The maximum absolute atomic E-state index is 6.18. The molecule has 1 saturated heterocycles. The first kappa shape index (κ1) is 7.93. The van der Waals surface area contributed by atoms with E-state index in [1.54, 1.807) is 0 Å². The number of alkyl halides is 1. The summed E-state index contributed by atoms with van der Waals surface area (Å²) in [5.74, 6) is 0. The van der Waals surface area contributed by atoms with Crippen molar-refractivity contribution < 1.29 is 0 Å². The molecule has 1 nitrogen and oxygen atoms in total. The maximum atomic E-state index is 6.18. The van der Waals surface area contributed by atoms with Gasteiger partial charge < -0.3 is 4.90 Å². The van der Waals surface area contributed by atoms with Crippen LogP contribution in [0.25, 0.3) is 0 Å². The zero-order valence-electron chi connectivity index (χ0n) is 6.65. The van der Waals surface area contributed by atoms with Gasteiger partial charge in [-0.05, 0) is 19.8 Å². The summed E-state index contributed by atoms with van der Waals surface area (Å²) in [5.41, 5.74) is 1.06. The first-order valence-corrected chi connectivity index (χ1v) is 4.01. The Balaban J connectivity index is 2.70. The highest BCUT2D eigenvalue weighted by Crippen LogP contribution is 2.34. The molecule has 0 spiro atoms. The normalized spacial score (nSPS) is 34.7. The zero-order chi connectivity index (χ0) is 7.78. The summed E-state index contributed by atoms with van der Waals surface area (Å²) in [6, 6.07) is 0. The van der Waals surface area contributed by atoms with Gasteiger partial charge in [-0.1, -0.05) is 6.58 Å². The molecule has 0 radical (unpaired) electrons. The van der Waals surface area contributed by atoms with Crippen LogP contribution >= 0.6 is 11.6 Å². The van der Waals surface area contributed by atoms with Crippen molar-refractivity contribution in [2.45, 2.75) is 24.6 Å². The lowest BCUT2D eigenvalue weighted by molar-refractivity contribution is 0.309. The second-order valence-corrected chi connectivity index (χ2v) is 4.00. The fourth-order valence-electron chi connectivity index (χ4n) is 1.33. The maximum Gasteiger partial charge on any atom is 0.0808 e. The van der Waals surface area contributed by atoms with Crippen LogP contribution in [0.3, 0.4) is 0 Å². The molecule has 0 aromatic heterocycles. The molecular weight excluding hydrogens is 146 g/mol. The van der Waals surface area contributed by atoms with Gasteiger partial charge in [0.1, 0.15) is 0 Å². The molecule has 2 heteroatoms. The van der Waals surface area contributed by atoms with E-state index < -0.39 is 0 Å². The predicted molar refractivity (Wildman–Crippen MR) is 45.3 cm³/mol. The van der Waals surface area contributed by atoms with Gasteiger partial charge in [0.15, 0.2) is 0 Å². The van der Waals surface area contributed by atoms with Crippen molar-refractivity contribution in [1.29, 1.82) is 0 Å². The van der Waals surface area contributed by atoms with E-state index in [4.69, 9.17) is 11.6 Å². The number of hydrogen-bond acceptors (Lipinski definition) is 1. The third-order valence-electron chi connectivity index (χ3n) is 2.20. The predicted octanol–water partition coefficient (Wildman–Crippen LogP) is 2.22. The topological polar surface area (TPSA) is 3.24 Å². The van der Waals surface area contributed by atoms with Crippen LogP contribution in [0.1, 0.15) is 19.8 Å². The lowest BCUT2D eigenvalue weighted by atomic mass is 9.96. The molecule has 1 heterocycles. The fraction of sp³-hybridized carbons (Fsp3) is 0.750. The molecule has 0 N–H and O–H groups in total. The van der Waals surface area contributed by atoms with Crippen molar-refractivity contribution in [3.63, 3.8) is 0 Å². The molecule has 1 unspecified atom stereocenters. The van der Waals surface area contributed by atoms with Crippen LogP contribution in [0.2, 0.25) is 0 Å². The third-order valence-corrected chi connectivity index (χ3v) is 2.61. The van der Waals surface area contributed by atoms with Crippen molar-refractivity contribution in [2.24, 2.45) is 0 Å². The molecule has 0 aliphatic carbocycles. The first-order valence-electron chi connectivity index (χ1n) is 3.63. The summed E-state index contributed by atoms with van der Waals surface area (Å²) in [7, 11) is 2.04. The SMILES string of the molecule is C=C1N(C)CCCC1(C)Cl. The minimum atomic E-state index is -0.188. The van der Waals surface area contributed by atoms with Crippen LogP contribution in [0.4, 0.5) is 0 Å². The molecule has 1 fully saturated rings. The van der Waals surface area contributed by atoms with Gasteiger partial charge in [0.2, 0.25) is 0 Å². The van der Waals surface area contributed by atoms with E-state index in [1.165, 1.54) is 6.42 Å². The quantitative estimate of drug-likeness (QED) is 0.490. The number of nitrogens with zero attached hydrogens (tertiary/aromatic N) is 1. The molecular formula is C8H14ClN. The lowest BCUT2D eigenvalue weighted by Crippen LogP contribution is -2.37. The van der Waals surface area contributed by atoms with Gasteiger partial charge in [-0.2, -0.15) is 0 Å².